The first-order valence-corrected chi connectivity index (χ1v) is 8.28. The molecule has 0 fully saturated rings. The Bertz CT molecular complexity index is 665. The zero-order valence-electron chi connectivity index (χ0n) is 11.2. The van der Waals surface area contributed by atoms with Crippen LogP contribution in [0.3, 0.4) is 0 Å². The molecule has 2 N–H and O–H groups in total. The van der Waals surface area contributed by atoms with Crippen LogP contribution in [0, 0.1) is 0 Å². The third-order valence-corrected chi connectivity index (χ3v) is 5.54. The Hall–Kier alpha value is -1.46. The zero-order chi connectivity index (χ0) is 14.8. The van der Waals surface area contributed by atoms with E-state index in [2.05, 4.69) is 28.1 Å². The van der Waals surface area contributed by atoms with Crippen LogP contribution in [0.5, 0.6) is 0 Å². The molecule has 0 saturated heterocycles. The quantitative estimate of drug-likeness (QED) is 0.663. The minimum Gasteiger partial charge on any atom is -0.461 e. The Morgan fingerprint density at radius 2 is 2.10 bits per heavy atom. The van der Waals surface area contributed by atoms with Crippen molar-refractivity contribution in [2.24, 2.45) is 0 Å². The highest BCUT2D eigenvalue weighted by Gasteiger charge is 2.23. The number of halogens is 1. The molecule has 1 aliphatic heterocycles. The monoisotopic (exact) mass is 363 g/mol. The van der Waals surface area contributed by atoms with Gasteiger partial charge in [-0.2, -0.15) is 0 Å². The molecule has 2 aromatic rings. The van der Waals surface area contributed by atoms with Crippen LogP contribution in [0.4, 0.5) is 5.69 Å². The predicted octanol–water partition coefficient (Wildman–Crippen LogP) is 3.91. The summed E-state index contributed by atoms with van der Waals surface area (Å²) >= 11 is 5.09. The third-order valence-electron chi connectivity index (χ3n) is 3.36. The number of hydrogen-bond acceptors (Lipinski definition) is 4. The minimum absolute atomic E-state index is 0.284. The first-order chi connectivity index (χ1) is 10.1. The molecule has 108 valence electrons. The van der Waals surface area contributed by atoms with Gasteiger partial charge < -0.3 is 10.5 Å². The number of nitrogen functional groups attached to an aromatic ring is 1. The lowest BCUT2D eigenvalue weighted by Gasteiger charge is -2.11. The van der Waals surface area contributed by atoms with Crippen molar-refractivity contribution in [1.82, 2.24) is 0 Å². The summed E-state index contributed by atoms with van der Waals surface area (Å²) in [7, 11) is 0. The van der Waals surface area contributed by atoms with E-state index in [1.807, 2.05) is 12.1 Å². The minimum atomic E-state index is -0.342. The van der Waals surface area contributed by atoms with E-state index < -0.39 is 0 Å². The number of esters is 1. The summed E-state index contributed by atoms with van der Waals surface area (Å²) in [5.74, 6) is -0.342. The summed E-state index contributed by atoms with van der Waals surface area (Å²) in [6.45, 7) is 0.402. The van der Waals surface area contributed by atoms with E-state index in [1.54, 1.807) is 30.0 Å². The van der Waals surface area contributed by atoms with Gasteiger partial charge in [0.25, 0.3) is 0 Å². The number of fused-ring (bicyclic) bond motifs is 1. The first-order valence-electron chi connectivity index (χ1n) is 6.61. The van der Waals surface area contributed by atoms with Gasteiger partial charge in [-0.25, -0.2) is 4.79 Å². The van der Waals surface area contributed by atoms with Gasteiger partial charge in [-0.1, -0.05) is 24.3 Å². The number of rotatable bonds is 3. The molecule has 0 radical (unpaired) electrons. The van der Waals surface area contributed by atoms with Crippen LogP contribution in [0.15, 0.2) is 51.8 Å². The van der Waals surface area contributed by atoms with Crippen LogP contribution < -0.4 is 5.73 Å². The van der Waals surface area contributed by atoms with Crippen molar-refractivity contribution in [2.45, 2.75) is 16.6 Å². The number of nitrogens with two attached hydrogens (primary N) is 1. The fourth-order valence-electron chi connectivity index (χ4n) is 2.30. The molecule has 1 heterocycles. The fraction of sp³-hybridized carbons (Fsp3) is 0.188. The smallest absolute Gasteiger partial charge is 0.339 e. The molecule has 21 heavy (non-hydrogen) atoms. The van der Waals surface area contributed by atoms with Crippen molar-refractivity contribution in [2.75, 3.05) is 12.3 Å². The normalized spacial score (nSPS) is 16.5. The van der Waals surface area contributed by atoms with Crippen LogP contribution in [0.25, 0.3) is 0 Å². The van der Waals surface area contributed by atoms with Gasteiger partial charge >= 0.3 is 5.97 Å². The molecule has 1 atom stereocenters. The Morgan fingerprint density at radius 3 is 2.90 bits per heavy atom. The van der Waals surface area contributed by atoms with Gasteiger partial charge in [0.1, 0.15) is 6.61 Å². The first kappa shape index (κ1) is 14.5. The molecule has 1 unspecified atom stereocenters. The lowest BCUT2D eigenvalue weighted by atomic mass is 10.1. The van der Waals surface area contributed by atoms with E-state index in [0.717, 1.165) is 6.42 Å². The lowest BCUT2D eigenvalue weighted by molar-refractivity contribution is 0.0506. The number of carbonyl (C=O) groups excluding carboxylic acids is 1. The van der Waals surface area contributed by atoms with E-state index >= 15 is 0 Å². The largest absolute Gasteiger partial charge is 0.461 e. The molecular weight excluding hydrogens is 350 g/mol. The fourth-order valence-corrected chi connectivity index (χ4v) is 3.94. The summed E-state index contributed by atoms with van der Waals surface area (Å²) in [6.07, 6.45) is 0.937. The summed E-state index contributed by atoms with van der Waals surface area (Å²) in [4.78, 5) is 13.4. The average Bonchev–Trinajstić information content (AvgIpc) is 2.90. The second kappa shape index (κ2) is 6.12. The maximum absolute atomic E-state index is 12.1. The molecule has 5 heteroatoms. The second-order valence-electron chi connectivity index (χ2n) is 4.86. The maximum atomic E-state index is 12.1. The van der Waals surface area contributed by atoms with E-state index in [4.69, 9.17) is 10.5 Å². The summed E-state index contributed by atoms with van der Waals surface area (Å²) in [5, 5.41) is 0.284. The summed E-state index contributed by atoms with van der Waals surface area (Å²) in [5.41, 5.74) is 8.11. The maximum Gasteiger partial charge on any atom is 0.339 e. The van der Waals surface area contributed by atoms with Crippen molar-refractivity contribution < 1.29 is 9.53 Å². The van der Waals surface area contributed by atoms with E-state index in [0.29, 0.717) is 22.3 Å². The second-order valence-corrected chi connectivity index (χ2v) is 6.99. The average molecular weight is 364 g/mol. The molecule has 0 amide bonds. The van der Waals surface area contributed by atoms with Gasteiger partial charge in [0, 0.05) is 15.8 Å². The Labute approximate surface area is 136 Å². The molecule has 3 nitrogen and oxygen atoms in total. The molecule has 2 aromatic carbocycles. The van der Waals surface area contributed by atoms with Gasteiger partial charge in [0.05, 0.1) is 10.0 Å². The molecular formula is C16H14BrNO2S. The number of ether oxygens (including phenoxy) is 1. The topological polar surface area (TPSA) is 52.3 Å². The van der Waals surface area contributed by atoms with E-state index in [-0.39, 0.29) is 11.2 Å². The van der Waals surface area contributed by atoms with Gasteiger partial charge in [0.2, 0.25) is 0 Å². The lowest BCUT2D eigenvalue weighted by Crippen LogP contribution is -2.16. The van der Waals surface area contributed by atoms with Gasteiger partial charge in [-0.15, -0.1) is 11.8 Å². The SMILES string of the molecule is Nc1cccc(C(=O)OCC2Cc3ccccc3S2)c1Br. The van der Waals surface area contributed by atoms with Gasteiger partial charge in [-0.3, -0.25) is 0 Å². The third kappa shape index (κ3) is 3.09. The highest BCUT2D eigenvalue weighted by molar-refractivity contribution is 9.10. The Kier molecular flexibility index (Phi) is 4.22. The van der Waals surface area contributed by atoms with Crippen molar-refractivity contribution in [1.29, 1.82) is 0 Å². The Morgan fingerprint density at radius 1 is 1.29 bits per heavy atom. The van der Waals surface area contributed by atoms with Gasteiger partial charge in [-0.05, 0) is 46.1 Å². The number of thioether (sulfide) groups is 1. The van der Waals surface area contributed by atoms with E-state index in [9.17, 15) is 4.79 Å². The van der Waals surface area contributed by atoms with Crippen LogP contribution in [-0.2, 0) is 11.2 Å². The molecule has 1 aliphatic rings. The van der Waals surface area contributed by atoms with Crippen LogP contribution in [0.2, 0.25) is 0 Å². The molecule has 0 bridgehead atoms. The summed E-state index contributed by atoms with van der Waals surface area (Å²) < 4.78 is 6.03. The standard InChI is InChI=1S/C16H14BrNO2S/c17-15-12(5-3-6-13(15)18)16(19)20-9-11-8-10-4-1-2-7-14(10)21-11/h1-7,11H,8-9,18H2. The van der Waals surface area contributed by atoms with Crippen molar-refractivity contribution >= 4 is 39.3 Å². The van der Waals surface area contributed by atoms with Crippen molar-refractivity contribution in [3.63, 3.8) is 0 Å². The zero-order valence-corrected chi connectivity index (χ0v) is 13.6. The van der Waals surface area contributed by atoms with Gasteiger partial charge in [0.15, 0.2) is 0 Å². The molecule has 0 aromatic heterocycles. The Balaban J connectivity index is 1.62. The molecule has 3 rings (SSSR count). The van der Waals surface area contributed by atoms with Crippen molar-refractivity contribution in [3.8, 4) is 0 Å². The van der Waals surface area contributed by atoms with Crippen LogP contribution in [-0.4, -0.2) is 17.8 Å². The molecule has 0 aliphatic carbocycles. The van der Waals surface area contributed by atoms with Crippen LogP contribution in [0.1, 0.15) is 15.9 Å². The summed E-state index contributed by atoms with van der Waals surface area (Å²) in [6, 6.07) is 13.5. The number of benzene rings is 2. The van der Waals surface area contributed by atoms with Crippen molar-refractivity contribution in [3.05, 3.63) is 58.1 Å². The number of anilines is 1. The highest BCUT2D eigenvalue weighted by atomic mass is 79.9. The van der Waals surface area contributed by atoms with E-state index in [1.165, 1.54) is 10.5 Å². The van der Waals surface area contributed by atoms with Crippen LogP contribution >= 0.6 is 27.7 Å². The highest BCUT2D eigenvalue weighted by Crippen LogP contribution is 2.37. The number of carbonyl (C=O) groups is 1. The predicted molar refractivity (Wildman–Crippen MR) is 88.6 cm³/mol. The number of hydrogen-bond donors (Lipinski definition) is 1. The molecule has 0 saturated carbocycles. The molecule has 0 spiro atoms.